The minimum atomic E-state index is -0.633. The van der Waals surface area contributed by atoms with Crippen LogP contribution in [0.2, 0.25) is 0 Å². The summed E-state index contributed by atoms with van der Waals surface area (Å²) in [4.78, 5) is 11.6. The lowest BCUT2D eigenvalue weighted by Gasteiger charge is -2.14. The van der Waals surface area contributed by atoms with Gasteiger partial charge in [0.1, 0.15) is 5.82 Å². The van der Waals surface area contributed by atoms with Crippen LogP contribution in [0.15, 0.2) is 24.3 Å². The van der Waals surface area contributed by atoms with Crippen LogP contribution in [0, 0.1) is 11.7 Å². The Labute approximate surface area is 82.9 Å². The lowest BCUT2D eigenvalue weighted by Crippen LogP contribution is -2.35. The van der Waals surface area contributed by atoms with Gasteiger partial charge in [0.2, 0.25) is 0 Å². The number of benzene rings is 1. The molecule has 1 atom stereocenters. The van der Waals surface area contributed by atoms with E-state index in [1.165, 1.54) is 12.1 Å². The molecule has 76 valence electrons. The van der Waals surface area contributed by atoms with Crippen molar-refractivity contribution in [3.05, 3.63) is 35.6 Å². The molecule has 14 heavy (non-hydrogen) atoms. The second-order valence-electron chi connectivity index (χ2n) is 3.61. The Morgan fingerprint density at radius 2 is 1.93 bits per heavy atom. The predicted molar refractivity (Wildman–Crippen MR) is 53.5 cm³/mol. The SMILES string of the molecule is CC(C)C(N)C(=O)c1ccccc1F. The summed E-state index contributed by atoms with van der Waals surface area (Å²) in [5.41, 5.74) is 5.72. The number of hydrogen-bond acceptors (Lipinski definition) is 2. The van der Waals surface area contributed by atoms with Crippen molar-refractivity contribution in [1.29, 1.82) is 0 Å². The van der Waals surface area contributed by atoms with Crippen molar-refractivity contribution >= 4 is 5.78 Å². The first-order chi connectivity index (χ1) is 6.54. The topological polar surface area (TPSA) is 43.1 Å². The van der Waals surface area contributed by atoms with E-state index in [0.29, 0.717) is 0 Å². The molecule has 0 spiro atoms. The molecule has 0 fully saturated rings. The molecular weight excluding hydrogens is 181 g/mol. The maximum atomic E-state index is 13.2. The van der Waals surface area contributed by atoms with Crippen LogP contribution >= 0.6 is 0 Å². The molecular formula is C11H14FNO. The molecule has 0 aliphatic rings. The molecule has 0 aliphatic carbocycles. The fourth-order valence-corrected chi connectivity index (χ4v) is 1.14. The highest BCUT2D eigenvalue weighted by Crippen LogP contribution is 2.12. The van der Waals surface area contributed by atoms with Crippen molar-refractivity contribution in [2.24, 2.45) is 11.7 Å². The number of rotatable bonds is 3. The minimum Gasteiger partial charge on any atom is -0.321 e. The van der Waals surface area contributed by atoms with E-state index in [2.05, 4.69) is 0 Å². The number of nitrogens with two attached hydrogens (primary N) is 1. The van der Waals surface area contributed by atoms with Gasteiger partial charge in [-0.05, 0) is 18.1 Å². The lowest BCUT2D eigenvalue weighted by atomic mass is 9.96. The molecule has 1 rings (SSSR count). The van der Waals surface area contributed by atoms with E-state index in [9.17, 15) is 9.18 Å². The molecule has 0 bridgehead atoms. The summed E-state index contributed by atoms with van der Waals surface area (Å²) in [6, 6.07) is 5.27. The van der Waals surface area contributed by atoms with Crippen molar-refractivity contribution in [3.63, 3.8) is 0 Å². The van der Waals surface area contributed by atoms with Gasteiger partial charge in [-0.1, -0.05) is 26.0 Å². The molecule has 1 unspecified atom stereocenters. The van der Waals surface area contributed by atoms with Crippen LogP contribution < -0.4 is 5.73 Å². The first-order valence-electron chi connectivity index (χ1n) is 4.58. The molecule has 2 nitrogen and oxygen atoms in total. The number of carbonyl (C=O) groups excluding carboxylic acids is 1. The minimum absolute atomic E-state index is 0.0158. The summed E-state index contributed by atoms with van der Waals surface area (Å²) in [6.45, 7) is 3.67. The Kier molecular flexibility index (Phi) is 3.36. The zero-order valence-electron chi connectivity index (χ0n) is 8.33. The van der Waals surface area contributed by atoms with Gasteiger partial charge in [-0.2, -0.15) is 0 Å². The third-order valence-electron chi connectivity index (χ3n) is 2.16. The molecule has 0 saturated carbocycles. The van der Waals surface area contributed by atoms with Crippen molar-refractivity contribution in [2.45, 2.75) is 19.9 Å². The zero-order valence-corrected chi connectivity index (χ0v) is 8.33. The van der Waals surface area contributed by atoms with E-state index in [1.54, 1.807) is 12.1 Å². The normalized spacial score (nSPS) is 12.9. The number of carbonyl (C=O) groups is 1. The second kappa shape index (κ2) is 4.33. The van der Waals surface area contributed by atoms with Crippen LogP contribution in [0.5, 0.6) is 0 Å². The predicted octanol–water partition coefficient (Wildman–Crippen LogP) is 1.99. The van der Waals surface area contributed by atoms with E-state index in [0.717, 1.165) is 0 Å². The molecule has 0 saturated heterocycles. The van der Waals surface area contributed by atoms with E-state index in [4.69, 9.17) is 5.73 Å². The fourth-order valence-electron chi connectivity index (χ4n) is 1.14. The highest BCUT2D eigenvalue weighted by molar-refractivity contribution is 6.00. The quantitative estimate of drug-likeness (QED) is 0.749. The average molecular weight is 195 g/mol. The highest BCUT2D eigenvalue weighted by atomic mass is 19.1. The molecule has 0 radical (unpaired) electrons. The number of ketones is 1. The van der Waals surface area contributed by atoms with Crippen molar-refractivity contribution in [1.82, 2.24) is 0 Å². The number of Topliss-reactive ketones (excluding diaryl/α,β-unsaturated/α-hetero) is 1. The maximum absolute atomic E-state index is 13.2. The highest BCUT2D eigenvalue weighted by Gasteiger charge is 2.21. The third-order valence-corrected chi connectivity index (χ3v) is 2.16. The van der Waals surface area contributed by atoms with Gasteiger partial charge < -0.3 is 5.73 Å². The summed E-state index contributed by atoms with van der Waals surface area (Å²) < 4.78 is 13.2. The summed E-state index contributed by atoms with van der Waals surface area (Å²) in [5.74, 6) is -0.825. The van der Waals surface area contributed by atoms with E-state index >= 15 is 0 Å². The lowest BCUT2D eigenvalue weighted by molar-refractivity contribution is 0.0936. The van der Waals surface area contributed by atoms with Crippen molar-refractivity contribution in [3.8, 4) is 0 Å². The molecule has 0 amide bonds. The smallest absolute Gasteiger partial charge is 0.182 e. The van der Waals surface area contributed by atoms with Gasteiger partial charge in [0.25, 0.3) is 0 Å². The van der Waals surface area contributed by atoms with Gasteiger partial charge in [-0.25, -0.2) is 4.39 Å². The fraction of sp³-hybridized carbons (Fsp3) is 0.364. The molecule has 0 heterocycles. The number of hydrogen-bond donors (Lipinski definition) is 1. The largest absolute Gasteiger partial charge is 0.321 e. The molecule has 1 aromatic rings. The van der Waals surface area contributed by atoms with Crippen molar-refractivity contribution < 1.29 is 9.18 Å². The molecule has 1 aromatic carbocycles. The average Bonchev–Trinajstić information content (AvgIpc) is 2.16. The summed E-state index contributed by atoms with van der Waals surface area (Å²) in [6.07, 6.45) is 0. The Morgan fingerprint density at radius 1 is 1.36 bits per heavy atom. The van der Waals surface area contributed by atoms with E-state index in [-0.39, 0.29) is 17.3 Å². The molecule has 3 heteroatoms. The number of halogens is 1. The Hall–Kier alpha value is -1.22. The Morgan fingerprint density at radius 3 is 2.43 bits per heavy atom. The van der Waals surface area contributed by atoms with Crippen LogP contribution in [0.4, 0.5) is 4.39 Å². The van der Waals surface area contributed by atoms with Gasteiger partial charge >= 0.3 is 0 Å². The standard InChI is InChI=1S/C11H14FNO/c1-7(2)10(13)11(14)8-5-3-4-6-9(8)12/h3-7,10H,13H2,1-2H3. The first kappa shape index (κ1) is 10.9. The third kappa shape index (κ3) is 2.17. The Bertz CT molecular complexity index is 336. The van der Waals surface area contributed by atoms with Crippen LogP contribution in [-0.2, 0) is 0 Å². The van der Waals surface area contributed by atoms with E-state index < -0.39 is 11.9 Å². The summed E-state index contributed by atoms with van der Waals surface area (Å²) in [7, 11) is 0. The van der Waals surface area contributed by atoms with Gasteiger partial charge in [0, 0.05) is 0 Å². The second-order valence-corrected chi connectivity index (χ2v) is 3.61. The Balaban J connectivity index is 2.95. The van der Waals surface area contributed by atoms with Gasteiger partial charge in [0.15, 0.2) is 5.78 Å². The van der Waals surface area contributed by atoms with Gasteiger partial charge in [-0.15, -0.1) is 0 Å². The van der Waals surface area contributed by atoms with Crippen LogP contribution in [-0.4, -0.2) is 11.8 Å². The van der Waals surface area contributed by atoms with Crippen LogP contribution in [0.25, 0.3) is 0 Å². The van der Waals surface area contributed by atoms with Crippen molar-refractivity contribution in [2.75, 3.05) is 0 Å². The van der Waals surface area contributed by atoms with Gasteiger partial charge in [0.05, 0.1) is 11.6 Å². The monoisotopic (exact) mass is 195 g/mol. The van der Waals surface area contributed by atoms with Crippen LogP contribution in [0.1, 0.15) is 24.2 Å². The maximum Gasteiger partial charge on any atom is 0.182 e. The molecule has 0 aliphatic heterocycles. The van der Waals surface area contributed by atoms with E-state index in [1.807, 2.05) is 13.8 Å². The zero-order chi connectivity index (χ0) is 10.7. The molecule has 0 aromatic heterocycles. The summed E-state index contributed by atoms with van der Waals surface area (Å²) >= 11 is 0. The summed E-state index contributed by atoms with van der Waals surface area (Å²) in [5, 5.41) is 0. The first-order valence-corrected chi connectivity index (χ1v) is 4.58. The molecule has 2 N–H and O–H groups in total. The van der Waals surface area contributed by atoms with Crippen LogP contribution in [0.3, 0.4) is 0 Å². The van der Waals surface area contributed by atoms with Gasteiger partial charge in [-0.3, -0.25) is 4.79 Å².